The quantitative estimate of drug-likeness (QED) is 0.779. The molecule has 0 aromatic heterocycles. The van der Waals surface area contributed by atoms with Gasteiger partial charge in [-0.25, -0.2) is 14.0 Å². The van der Waals surface area contributed by atoms with E-state index in [4.69, 9.17) is 16.7 Å². The van der Waals surface area contributed by atoms with Gasteiger partial charge < -0.3 is 15.7 Å². The van der Waals surface area contributed by atoms with Gasteiger partial charge in [0, 0.05) is 5.69 Å². The average Bonchev–Trinajstić information content (AvgIpc) is 2.33. The monoisotopic (exact) mass is 288 g/mol. The van der Waals surface area contributed by atoms with E-state index in [1.165, 1.54) is 12.1 Å². The first-order valence-corrected chi connectivity index (χ1v) is 6.07. The number of halogens is 2. The molecule has 0 aliphatic rings. The number of hydrogen-bond acceptors (Lipinski definition) is 2. The molecule has 19 heavy (non-hydrogen) atoms. The van der Waals surface area contributed by atoms with Crippen LogP contribution in [0.15, 0.2) is 18.2 Å². The summed E-state index contributed by atoms with van der Waals surface area (Å²) in [6.45, 7) is 1.81. The van der Waals surface area contributed by atoms with E-state index in [0.29, 0.717) is 12.8 Å². The molecule has 1 atom stereocenters. The summed E-state index contributed by atoms with van der Waals surface area (Å²) in [6, 6.07) is 2.05. The number of carboxylic acid groups (broad SMARTS) is 1. The maximum Gasteiger partial charge on any atom is 0.326 e. The van der Waals surface area contributed by atoms with E-state index in [2.05, 4.69) is 10.6 Å². The Morgan fingerprint density at radius 2 is 2.16 bits per heavy atom. The maximum absolute atomic E-state index is 12.9. The summed E-state index contributed by atoms with van der Waals surface area (Å²) in [5.74, 6) is -1.70. The predicted molar refractivity (Wildman–Crippen MR) is 69.9 cm³/mol. The van der Waals surface area contributed by atoms with Crippen LogP contribution in [0.4, 0.5) is 14.9 Å². The molecule has 0 heterocycles. The highest BCUT2D eigenvalue weighted by Gasteiger charge is 2.18. The Kier molecular flexibility index (Phi) is 5.57. The summed E-state index contributed by atoms with van der Waals surface area (Å²) >= 11 is 5.56. The number of benzene rings is 1. The number of carbonyl (C=O) groups is 2. The Labute approximate surface area is 114 Å². The Hall–Kier alpha value is -1.82. The van der Waals surface area contributed by atoms with Gasteiger partial charge in [-0.15, -0.1) is 0 Å². The van der Waals surface area contributed by atoms with Crippen molar-refractivity contribution in [1.29, 1.82) is 0 Å². The largest absolute Gasteiger partial charge is 0.480 e. The molecule has 0 unspecified atom stereocenters. The third-order valence-electron chi connectivity index (χ3n) is 2.36. The molecule has 0 spiro atoms. The van der Waals surface area contributed by atoms with Crippen molar-refractivity contribution >= 4 is 29.3 Å². The molecule has 1 aromatic carbocycles. The van der Waals surface area contributed by atoms with Gasteiger partial charge in [-0.05, 0) is 24.6 Å². The smallest absolute Gasteiger partial charge is 0.326 e. The van der Waals surface area contributed by atoms with Crippen LogP contribution in [0, 0.1) is 5.82 Å². The number of carbonyl (C=O) groups excluding carboxylic acids is 1. The van der Waals surface area contributed by atoms with Crippen LogP contribution in [0.25, 0.3) is 0 Å². The second-order valence-corrected chi connectivity index (χ2v) is 4.31. The molecule has 0 saturated carbocycles. The molecule has 2 amide bonds. The van der Waals surface area contributed by atoms with Gasteiger partial charge in [-0.1, -0.05) is 24.9 Å². The summed E-state index contributed by atoms with van der Waals surface area (Å²) in [7, 11) is 0. The number of aliphatic carboxylic acids is 1. The van der Waals surface area contributed by atoms with Gasteiger partial charge in [0.2, 0.25) is 0 Å². The lowest BCUT2D eigenvalue weighted by Gasteiger charge is -2.14. The molecule has 104 valence electrons. The zero-order chi connectivity index (χ0) is 14.4. The number of hydrogen-bond donors (Lipinski definition) is 3. The van der Waals surface area contributed by atoms with Crippen LogP contribution in [-0.4, -0.2) is 23.1 Å². The lowest BCUT2D eigenvalue weighted by atomic mass is 10.2. The van der Waals surface area contributed by atoms with Gasteiger partial charge in [0.05, 0.1) is 5.02 Å². The van der Waals surface area contributed by atoms with E-state index < -0.39 is 23.9 Å². The van der Waals surface area contributed by atoms with Gasteiger partial charge in [0.1, 0.15) is 11.9 Å². The van der Waals surface area contributed by atoms with Crippen molar-refractivity contribution in [3.8, 4) is 0 Å². The van der Waals surface area contributed by atoms with Crippen LogP contribution in [-0.2, 0) is 4.79 Å². The van der Waals surface area contributed by atoms with Crippen molar-refractivity contribution in [3.05, 3.63) is 29.0 Å². The van der Waals surface area contributed by atoms with Crippen molar-refractivity contribution in [2.75, 3.05) is 5.32 Å². The van der Waals surface area contributed by atoms with E-state index in [1.54, 1.807) is 0 Å². The standard InChI is InChI=1S/C12H14ClFN2O3/c1-2-3-10(11(17)18)16-12(19)15-7-4-5-9(14)8(13)6-7/h4-6,10H,2-3H2,1H3,(H,17,18)(H2,15,16,19)/t10-/m1/s1. The maximum atomic E-state index is 12.9. The summed E-state index contributed by atoms with van der Waals surface area (Å²) in [6.07, 6.45) is 0.951. The third kappa shape index (κ3) is 4.75. The second kappa shape index (κ2) is 6.94. The molecular weight excluding hydrogens is 275 g/mol. The number of nitrogens with one attached hydrogen (secondary N) is 2. The minimum atomic E-state index is -1.10. The van der Waals surface area contributed by atoms with Crippen LogP contribution >= 0.6 is 11.6 Å². The predicted octanol–water partition coefficient (Wildman–Crippen LogP) is 2.85. The lowest BCUT2D eigenvalue weighted by Crippen LogP contribution is -2.42. The van der Waals surface area contributed by atoms with E-state index >= 15 is 0 Å². The molecule has 0 aliphatic carbocycles. The highest BCUT2D eigenvalue weighted by atomic mass is 35.5. The fourth-order valence-electron chi connectivity index (χ4n) is 1.45. The molecular formula is C12H14ClFN2O3. The lowest BCUT2D eigenvalue weighted by molar-refractivity contribution is -0.139. The fourth-order valence-corrected chi connectivity index (χ4v) is 1.63. The molecule has 3 N–H and O–H groups in total. The SMILES string of the molecule is CCC[C@@H](NC(=O)Nc1ccc(F)c(Cl)c1)C(=O)O. The van der Waals surface area contributed by atoms with E-state index in [9.17, 15) is 14.0 Å². The number of rotatable bonds is 5. The molecule has 0 bridgehead atoms. The Bertz CT molecular complexity index is 482. The van der Waals surface area contributed by atoms with Gasteiger partial charge in [-0.3, -0.25) is 0 Å². The van der Waals surface area contributed by atoms with Gasteiger partial charge >= 0.3 is 12.0 Å². The molecule has 1 aromatic rings. The number of amides is 2. The molecule has 0 aliphatic heterocycles. The Morgan fingerprint density at radius 3 is 2.68 bits per heavy atom. The highest BCUT2D eigenvalue weighted by molar-refractivity contribution is 6.31. The number of carboxylic acids is 1. The zero-order valence-corrected chi connectivity index (χ0v) is 11.0. The van der Waals surface area contributed by atoms with Crippen LogP contribution in [0.2, 0.25) is 5.02 Å². The number of anilines is 1. The molecule has 0 saturated heterocycles. The van der Waals surface area contributed by atoms with Crippen molar-refractivity contribution < 1.29 is 19.1 Å². The van der Waals surface area contributed by atoms with Gasteiger partial charge in [0.25, 0.3) is 0 Å². The normalized spacial score (nSPS) is 11.7. The Morgan fingerprint density at radius 1 is 1.47 bits per heavy atom. The topological polar surface area (TPSA) is 78.4 Å². The minimum Gasteiger partial charge on any atom is -0.480 e. The molecule has 7 heteroatoms. The van der Waals surface area contributed by atoms with Crippen molar-refractivity contribution in [2.24, 2.45) is 0 Å². The third-order valence-corrected chi connectivity index (χ3v) is 2.65. The van der Waals surface area contributed by atoms with Crippen molar-refractivity contribution in [1.82, 2.24) is 5.32 Å². The molecule has 0 fully saturated rings. The molecule has 1 rings (SSSR count). The van der Waals surface area contributed by atoms with Crippen molar-refractivity contribution in [3.63, 3.8) is 0 Å². The summed E-state index contributed by atoms with van der Waals surface area (Å²) < 4.78 is 12.9. The molecule has 0 radical (unpaired) electrons. The summed E-state index contributed by atoms with van der Waals surface area (Å²) in [5, 5.41) is 13.5. The Balaban J connectivity index is 2.63. The van der Waals surface area contributed by atoms with Crippen LogP contribution < -0.4 is 10.6 Å². The minimum absolute atomic E-state index is 0.124. The van der Waals surface area contributed by atoms with E-state index in [0.717, 1.165) is 6.07 Å². The van der Waals surface area contributed by atoms with Crippen molar-refractivity contribution in [2.45, 2.75) is 25.8 Å². The van der Waals surface area contributed by atoms with Gasteiger partial charge in [-0.2, -0.15) is 0 Å². The number of urea groups is 1. The van der Waals surface area contributed by atoms with Gasteiger partial charge in [0.15, 0.2) is 0 Å². The van der Waals surface area contributed by atoms with Crippen LogP contribution in [0.1, 0.15) is 19.8 Å². The first-order valence-electron chi connectivity index (χ1n) is 5.69. The fraction of sp³-hybridized carbons (Fsp3) is 0.333. The first-order chi connectivity index (χ1) is 8.93. The van der Waals surface area contributed by atoms with Crippen LogP contribution in [0.5, 0.6) is 0 Å². The summed E-state index contributed by atoms with van der Waals surface area (Å²) in [5.41, 5.74) is 0.282. The first kappa shape index (κ1) is 15.2. The summed E-state index contributed by atoms with van der Waals surface area (Å²) in [4.78, 5) is 22.4. The molecule has 5 nitrogen and oxygen atoms in total. The highest BCUT2D eigenvalue weighted by Crippen LogP contribution is 2.19. The second-order valence-electron chi connectivity index (χ2n) is 3.91. The average molecular weight is 289 g/mol. The van der Waals surface area contributed by atoms with Crippen LogP contribution in [0.3, 0.4) is 0 Å². The van der Waals surface area contributed by atoms with E-state index in [1.807, 2.05) is 6.92 Å². The van der Waals surface area contributed by atoms with E-state index in [-0.39, 0.29) is 10.7 Å². The zero-order valence-electron chi connectivity index (χ0n) is 10.2.